The van der Waals surface area contributed by atoms with Gasteiger partial charge < -0.3 is 30.0 Å². The molecule has 1 heterocycles. The van der Waals surface area contributed by atoms with Crippen molar-refractivity contribution in [2.45, 2.75) is 19.8 Å². The largest absolute Gasteiger partial charge is 0.492 e. The Bertz CT molecular complexity index is 575. The highest BCUT2D eigenvalue weighted by molar-refractivity contribution is 5.91. The van der Waals surface area contributed by atoms with Crippen LogP contribution in [0.4, 0.5) is 10.5 Å². The predicted octanol–water partition coefficient (Wildman–Crippen LogP) is 1.84. The summed E-state index contributed by atoms with van der Waals surface area (Å²) in [5.74, 6) is 0.711. The molecule has 1 aliphatic rings. The fourth-order valence-corrected chi connectivity index (χ4v) is 2.05. The first kappa shape index (κ1) is 16.7. The van der Waals surface area contributed by atoms with E-state index in [0.717, 1.165) is 0 Å². The quantitative estimate of drug-likeness (QED) is 0.661. The Morgan fingerprint density at radius 3 is 2.61 bits per heavy atom. The molecule has 8 heteroatoms. The fourth-order valence-electron chi connectivity index (χ4n) is 2.05. The van der Waals surface area contributed by atoms with Crippen molar-refractivity contribution >= 4 is 17.7 Å². The summed E-state index contributed by atoms with van der Waals surface area (Å²) in [5.41, 5.74) is 0.465. The third-order valence-corrected chi connectivity index (χ3v) is 3.05. The van der Waals surface area contributed by atoms with Gasteiger partial charge in [-0.2, -0.15) is 0 Å². The molecule has 0 fully saturated rings. The highest BCUT2D eigenvalue weighted by Crippen LogP contribution is 2.39. The molecule has 0 aromatic heterocycles. The van der Waals surface area contributed by atoms with Crippen molar-refractivity contribution in [3.63, 3.8) is 0 Å². The SMILES string of the molecule is CCOc1cc2c(cc1NC(=O)NCCCC(=O)O)OCCO2. The van der Waals surface area contributed by atoms with Crippen LogP contribution in [0.5, 0.6) is 17.2 Å². The number of aliphatic carboxylic acids is 1. The van der Waals surface area contributed by atoms with Gasteiger partial charge in [-0.1, -0.05) is 0 Å². The van der Waals surface area contributed by atoms with E-state index in [1.807, 2.05) is 6.92 Å². The fraction of sp³-hybridized carbons (Fsp3) is 0.467. The Morgan fingerprint density at radius 2 is 1.96 bits per heavy atom. The van der Waals surface area contributed by atoms with Gasteiger partial charge in [-0.05, 0) is 13.3 Å². The zero-order valence-electron chi connectivity index (χ0n) is 12.9. The minimum Gasteiger partial charge on any atom is -0.492 e. The van der Waals surface area contributed by atoms with Crippen LogP contribution in [-0.2, 0) is 4.79 Å². The van der Waals surface area contributed by atoms with Gasteiger partial charge in [0.1, 0.15) is 19.0 Å². The lowest BCUT2D eigenvalue weighted by Gasteiger charge is -2.21. The van der Waals surface area contributed by atoms with Crippen molar-refractivity contribution in [1.82, 2.24) is 5.32 Å². The molecule has 0 spiro atoms. The van der Waals surface area contributed by atoms with Gasteiger partial charge in [-0.15, -0.1) is 0 Å². The molecule has 0 bridgehead atoms. The topological polar surface area (TPSA) is 106 Å². The number of urea groups is 1. The van der Waals surface area contributed by atoms with Gasteiger partial charge in [-0.3, -0.25) is 4.79 Å². The number of hydrogen-bond acceptors (Lipinski definition) is 5. The number of carboxylic acids is 1. The first-order chi connectivity index (χ1) is 11.1. The van der Waals surface area contributed by atoms with E-state index in [0.29, 0.717) is 49.2 Å². The van der Waals surface area contributed by atoms with Gasteiger partial charge in [0.05, 0.1) is 12.3 Å². The Kier molecular flexibility index (Phi) is 5.90. The number of benzene rings is 1. The van der Waals surface area contributed by atoms with Gasteiger partial charge in [0, 0.05) is 25.1 Å². The summed E-state index contributed by atoms with van der Waals surface area (Å²) < 4.78 is 16.5. The molecule has 2 rings (SSSR count). The molecule has 0 atom stereocenters. The lowest BCUT2D eigenvalue weighted by Crippen LogP contribution is -2.30. The van der Waals surface area contributed by atoms with Gasteiger partial charge in [0.15, 0.2) is 11.5 Å². The van der Waals surface area contributed by atoms with Gasteiger partial charge in [0.25, 0.3) is 0 Å². The van der Waals surface area contributed by atoms with E-state index in [1.165, 1.54) is 0 Å². The summed E-state index contributed by atoms with van der Waals surface area (Å²) in [7, 11) is 0. The van der Waals surface area contributed by atoms with Crippen LogP contribution in [-0.4, -0.2) is 43.5 Å². The number of rotatable bonds is 7. The molecular formula is C15H20N2O6. The first-order valence-corrected chi connectivity index (χ1v) is 7.43. The average molecular weight is 324 g/mol. The van der Waals surface area contributed by atoms with E-state index >= 15 is 0 Å². The molecule has 2 amide bonds. The number of carbonyl (C=O) groups is 2. The lowest BCUT2D eigenvalue weighted by atomic mass is 10.2. The van der Waals surface area contributed by atoms with Crippen LogP contribution in [0.2, 0.25) is 0 Å². The summed E-state index contributed by atoms with van der Waals surface area (Å²) in [6.07, 6.45) is 0.372. The van der Waals surface area contributed by atoms with Gasteiger partial charge >= 0.3 is 12.0 Å². The summed E-state index contributed by atoms with van der Waals surface area (Å²) in [5, 5.41) is 13.8. The van der Waals surface area contributed by atoms with Crippen LogP contribution in [0.25, 0.3) is 0 Å². The van der Waals surface area contributed by atoms with E-state index < -0.39 is 12.0 Å². The normalized spacial score (nSPS) is 12.4. The number of carboxylic acid groups (broad SMARTS) is 1. The third kappa shape index (κ3) is 4.94. The Balaban J connectivity index is 1.99. The van der Waals surface area contributed by atoms with Crippen molar-refractivity contribution in [3.8, 4) is 17.2 Å². The molecule has 3 N–H and O–H groups in total. The number of ether oxygens (including phenoxy) is 3. The first-order valence-electron chi connectivity index (χ1n) is 7.43. The molecule has 126 valence electrons. The molecule has 0 aliphatic carbocycles. The van der Waals surface area contributed by atoms with Crippen LogP contribution in [0.15, 0.2) is 12.1 Å². The Labute approximate surface area is 133 Å². The van der Waals surface area contributed by atoms with Crippen molar-refractivity contribution in [2.75, 3.05) is 31.7 Å². The molecule has 0 radical (unpaired) electrons. The molecule has 23 heavy (non-hydrogen) atoms. The zero-order valence-corrected chi connectivity index (χ0v) is 12.9. The Morgan fingerprint density at radius 1 is 1.26 bits per heavy atom. The van der Waals surface area contributed by atoms with E-state index in [1.54, 1.807) is 12.1 Å². The maximum Gasteiger partial charge on any atom is 0.319 e. The number of nitrogens with one attached hydrogen (secondary N) is 2. The van der Waals surface area contributed by atoms with Crippen molar-refractivity contribution < 1.29 is 28.9 Å². The predicted molar refractivity (Wildman–Crippen MR) is 82.5 cm³/mol. The number of fused-ring (bicyclic) bond motifs is 1. The second-order valence-corrected chi connectivity index (χ2v) is 4.80. The van der Waals surface area contributed by atoms with Crippen LogP contribution in [0.3, 0.4) is 0 Å². The smallest absolute Gasteiger partial charge is 0.319 e. The maximum absolute atomic E-state index is 11.9. The third-order valence-electron chi connectivity index (χ3n) is 3.05. The minimum atomic E-state index is -0.891. The second-order valence-electron chi connectivity index (χ2n) is 4.80. The number of carbonyl (C=O) groups excluding carboxylic acids is 1. The summed E-state index contributed by atoms with van der Waals surface area (Å²) in [4.78, 5) is 22.3. The van der Waals surface area contributed by atoms with Crippen molar-refractivity contribution in [2.24, 2.45) is 0 Å². The summed E-state index contributed by atoms with van der Waals surface area (Å²) >= 11 is 0. The number of anilines is 1. The molecule has 1 aromatic rings. The van der Waals surface area contributed by atoms with Crippen molar-refractivity contribution in [1.29, 1.82) is 0 Å². The molecule has 1 aromatic carbocycles. The van der Waals surface area contributed by atoms with E-state index in [-0.39, 0.29) is 13.0 Å². The molecule has 0 unspecified atom stereocenters. The van der Waals surface area contributed by atoms with Crippen LogP contribution in [0, 0.1) is 0 Å². The van der Waals surface area contributed by atoms with E-state index in [9.17, 15) is 9.59 Å². The summed E-state index contributed by atoms with van der Waals surface area (Å²) in [6.45, 7) is 3.46. The van der Waals surface area contributed by atoms with Gasteiger partial charge in [-0.25, -0.2) is 4.79 Å². The maximum atomic E-state index is 11.9. The van der Waals surface area contributed by atoms with E-state index in [4.69, 9.17) is 19.3 Å². The zero-order chi connectivity index (χ0) is 16.7. The molecule has 0 saturated carbocycles. The second kappa shape index (κ2) is 8.11. The standard InChI is InChI=1S/C15H20N2O6/c1-2-21-11-9-13-12(22-6-7-23-13)8-10(11)17-15(20)16-5-3-4-14(18)19/h8-9H,2-7H2,1H3,(H,18,19)(H2,16,17,20). The number of amides is 2. The molecule has 1 aliphatic heterocycles. The monoisotopic (exact) mass is 324 g/mol. The highest BCUT2D eigenvalue weighted by atomic mass is 16.6. The highest BCUT2D eigenvalue weighted by Gasteiger charge is 2.18. The minimum absolute atomic E-state index is 0.00843. The molecular weight excluding hydrogens is 304 g/mol. The van der Waals surface area contributed by atoms with Crippen molar-refractivity contribution in [3.05, 3.63) is 12.1 Å². The van der Waals surface area contributed by atoms with Crippen LogP contribution >= 0.6 is 0 Å². The Hall–Kier alpha value is -2.64. The van der Waals surface area contributed by atoms with Crippen LogP contribution in [0.1, 0.15) is 19.8 Å². The number of hydrogen-bond donors (Lipinski definition) is 3. The molecule has 0 saturated heterocycles. The van der Waals surface area contributed by atoms with Crippen LogP contribution < -0.4 is 24.8 Å². The van der Waals surface area contributed by atoms with E-state index in [2.05, 4.69) is 10.6 Å². The lowest BCUT2D eigenvalue weighted by molar-refractivity contribution is -0.137. The molecule has 8 nitrogen and oxygen atoms in total. The van der Waals surface area contributed by atoms with Gasteiger partial charge in [0.2, 0.25) is 0 Å². The summed E-state index contributed by atoms with van der Waals surface area (Å²) in [6, 6.07) is 2.89. The average Bonchev–Trinajstić information content (AvgIpc) is 2.52.